The molecule has 1 heterocycles. The molecule has 1 aromatic rings. The van der Waals surface area contributed by atoms with Crippen molar-refractivity contribution in [2.24, 2.45) is 10.9 Å². The second kappa shape index (κ2) is 12.5. The molecule has 28 heavy (non-hydrogen) atoms. The van der Waals surface area contributed by atoms with Gasteiger partial charge in [-0.05, 0) is 36.6 Å². The summed E-state index contributed by atoms with van der Waals surface area (Å²) in [7, 11) is 3.45. The molecule has 158 valence electrons. The third kappa shape index (κ3) is 7.94. The van der Waals surface area contributed by atoms with Crippen LogP contribution in [0.1, 0.15) is 20.3 Å². The van der Waals surface area contributed by atoms with E-state index in [9.17, 15) is 0 Å². The Morgan fingerprint density at radius 1 is 1.14 bits per heavy atom. The van der Waals surface area contributed by atoms with Crippen molar-refractivity contribution >= 4 is 5.96 Å². The van der Waals surface area contributed by atoms with Crippen LogP contribution in [0.4, 0.5) is 0 Å². The zero-order valence-corrected chi connectivity index (χ0v) is 17.7. The van der Waals surface area contributed by atoms with Crippen LogP contribution in [0.3, 0.4) is 0 Å². The molecule has 7 nitrogen and oxygen atoms in total. The lowest BCUT2D eigenvalue weighted by molar-refractivity contribution is 0.0132. The van der Waals surface area contributed by atoms with E-state index in [1.807, 2.05) is 24.3 Å². The molecule has 1 aliphatic heterocycles. The van der Waals surface area contributed by atoms with Crippen molar-refractivity contribution in [1.82, 2.24) is 15.5 Å². The molecule has 2 rings (SSSR count). The molecule has 0 aromatic heterocycles. The summed E-state index contributed by atoms with van der Waals surface area (Å²) < 4.78 is 16.4. The van der Waals surface area contributed by atoms with E-state index in [4.69, 9.17) is 14.2 Å². The van der Waals surface area contributed by atoms with Gasteiger partial charge < -0.3 is 24.8 Å². The number of aliphatic imine (C=N–C) groups is 1. The minimum Gasteiger partial charge on any atom is -0.497 e. The van der Waals surface area contributed by atoms with Gasteiger partial charge in [0.25, 0.3) is 0 Å². The molecule has 7 heteroatoms. The van der Waals surface area contributed by atoms with Crippen LogP contribution in [-0.2, 0) is 4.74 Å². The van der Waals surface area contributed by atoms with Gasteiger partial charge in [0.2, 0.25) is 0 Å². The van der Waals surface area contributed by atoms with E-state index in [-0.39, 0.29) is 0 Å². The largest absolute Gasteiger partial charge is 0.497 e. The van der Waals surface area contributed by atoms with Crippen molar-refractivity contribution in [1.29, 1.82) is 0 Å². The zero-order valence-electron chi connectivity index (χ0n) is 17.7. The summed E-state index contributed by atoms with van der Waals surface area (Å²) in [6.07, 6.45) is 1.16. The van der Waals surface area contributed by atoms with Crippen LogP contribution in [0.15, 0.2) is 29.3 Å². The van der Waals surface area contributed by atoms with Gasteiger partial charge >= 0.3 is 0 Å². The van der Waals surface area contributed by atoms with Crippen LogP contribution < -0.4 is 20.1 Å². The number of morpholine rings is 1. The van der Waals surface area contributed by atoms with Crippen molar-refractivity contribution in [2.45, 2.75) is 26.3 Å². The molecule has 0 bridgehead atoms. The normalized spacial score (nSPS) is 16.7. The molecule has 1 aliphatic rings. The van der Waals surface area contributed by atoms with Crippen molar-refractivity contribution in [3.05, 3.63) is 24.3 Å². The predicted molar refractivity (Wildman–Crippen MR) is 113 cm³/mol. The van der Waals surface area contributed by atoms with Gasteiger partial charge in [-0.25, -0.2) is 0 Å². The topological polar surface area (TPSA) is 67.4 Å². The Bertz CT molecular complexity index is 572. The average molecular weight is 393 g/mol. The number of ether oxygens (including phenoxy) is 3. The number of nitrogens with zero attached hydrogens (tertiary/aromatic N) is 2. The molecular weight excluding hydrogens is 356 g/mol. The molecule has 1 fully saturated rings. The maximum Gasteiger partial charge on any atom is 0.191 e. The second-order valence-corrected chi connectivity index (χ2v) is 7.34. The Hall–Kier alpha value is -1.99. The van der Waals surface area contributed by atoms with Crippen molar-refractivity contribution < 1.29 is 14.2 Å². The van der Waals surface area contributed by atoms with E-state index < -0.39 is 0 Å². The minimum atomic E-state index is 0.484. The van der Waals surface area contributed by atoms with Crippen LogP contribution in [0.5, 0.6) is 11.5 Å². The van der Waals surface area contributed by atoms with E-state index in [0.29, 0.717) is 25.1 Å². The monoisotopic (exact) mass is 392 g/mol. The molecule has 1 aromatic carbocycles. The quantitative estimate of drug-likeness (QED) is 0.361. The molecule has 0 spiro atoms. The van der Waals surface area contributed by atoms with Crippen molar-refractivity contribution in [3.8, 4) is 11.5 Å². The Kier molecular flexibility index (Phi) is 9.93. The number of hydrogen-bond donors (Lipinski definition) is 2. The van der Waals surface area contributed by atoms with Gasteiger partial charge in [0, 0.05) is 32.7 Å². The highest BCUT2D eigenvalue weighted by molar-refractivity contribution is 5.79. The highest BCUT2D eigenvalue weighted by atomic mass is 16.5. The molecule has 1 unspecified atom stereocenters. The molecule has 1 saturated heterocycles. The van der Waals surface area contributed by atoms with Crippen LogP contribution in [0.2, 0.25) is 0 Å². The number of rotatable bonds is 10. The third-order valence-corrected chi connectivity index (χ3v) is 4.76. The fourth-order valence-corrected chi connectivity index (χ4v) is 3.29. The molecule has 2 N–H and O–H groups in total. The standard InChI is InChI=1S/C21H36N4O3/c1-17(2)15-18(25-10-13-27-14-11-25)16-24-21(22-3)23-9-12-28-20-7-5-19(26-4)6-8-20/h5-8,17-18H,9-16H2,1-4H3,(H2,22,23,24). The summed E-state index contributed by atoms with van der Waals surface area (Å²) in [4.78, 5) is 6.86. The maximum atomic E-state index is 5.75. The lowest BCUT2D eigenvalue weighted by atomic mass is 10.0. The van der Waals surface area contributed by atoms with Gasteiger partial charge in [-0.3, -0.25) is 9.89 Å². The summed E-state index contributed by atoms with van der Waals surface area (Å²) in [5.41, 5.74) is 0. The second-order valence-electron chi connectivity index (χ2n) is 7.34. The summed E-state index contributed by atoms with van der Waals surface area (Å²) in [6.45, 7) is 10.3. The Morgan fingerprint density at radius 3 is 2.43 bits per heavy atom. The molecule has 0 aliphatic carbocycles. The molecule has 0 amide bonds. The first-order valence-corrected chi connectivity index (χ1v) is 10.2. The van der Waals surface area contributed by atoms with E-state index in [1.54, 1.807) is 14.2 Å². The first-order valence-electron chi connectivity index (χ1n) is 10.2. The lowest BCUT2D eigenvalue weighted by Gasteiger charge is -2.35. The summed E-state index contributed by atoms with van der Waals surface area (Å²) >= 11 is 0. The fraction of sp³-hybridized carbons (Fsp3) is 0.667. The maximum absolute atomic E-state index is 5.75. The predicted octanol–water partition coefficient (Wildman–Crippen LogP) is 1.99. The third-order valence-electron chi connectivity index (χ3n) is 4.76. The van der Waals surface area contributed by atoms with E-state index in [2.05, 4.69) is 34.4 Å². The van der Waals surface area contributed by atoms with Gasteiger partial charge in [0.15, 0.2) is 5.96 Å². The van der Waals surface area contributed by atoms with E-state index >= 15 is 0 Å². The van der Waals surface area contributed by atoms with Gasteiger partial charge in [-0.1, -0.05) is 13.8 Å². The van der Waals surface area contributed by atoms with Crippen molar-refractivity contribution in [3.63, 3.8) is 0 Å². The van der Waals surface area contributed by atoms with Gasteiger partial charge in [-0.2, -0.15) is 0 Å². The van der Waals surface area contributed by atoms with Crippen LogP contribution in [-0.4, -0.2) is 77.1 Å². The first kappa shape index (κ1) is 22.3. The number of hydrogen-bond acceptors (Lipinski definition) is 5. The highest BCUT2D eigenvalue weighted by Gasteiger charge is 2.22. The fourth-order valence-electron chi connectivity index (χ4n) is 3.29. The molecule has 1 atom stereocenters. The molecule has 0 saturated carbocycles. The Labute approximate surface area is 169 Å². The number of methoxy groups -OCH3 is 1. The summed E-state index contributed by atoms with van der Waals surface area (Å²) in [6, 6.07) is 8.08. The Morgan fingerprint density at radius 2 is 1.82 bits per heavy atom. The van der Waals surface area contributed by atoms with Crippen LogP contribution >= 0.6 is 0 Å². The van der Waals surface area contributed by atoms with E-state index in [0.717, 1.165) is 56.7 Å². The molecular formula is C21H36N4O3. The minimum absolute atomic E-state index is 0.484. The number of nitrogens with one attached hydrogen (secondary N) is 2. The molecule has 0 radical (unpaired) electrons. The average Bonchev–Trinajstić information content (AvgIpc) is 2.73. The highest BCUT2D eigenvalue weighted by Crippen LogP contribution is 2.16. The van der Waals surface area contributed by atoms with E-state index in [1.165, 1.54) is 0 Å². The van der Waals surface area contributed by atoms with Gasteiger partial charge in [0.05, 0.1) is 26.9 Å². The SMILES string of the molecule is CN=C(NCCOc1ccc(OC)cc1)NCC(CC(C)C)N1CCOCC1. The van der Waals surface area contributed by atoms with Gasteiger partial charge in [0.1, 0.15) is 18.1 Å². The Balaban J connectivity index is 1.72. The van der Waals surface area contributed by atoms with Gasteiger partial charge in [-0.15, -0.1) is 0 Å². The number of guanidine groups is 1. The number of benzene rings is 1. The van der Waals surface area contributed by atoms with Crippen LogP contribution in [0.25, 0.3) is 0 Å². The van der Waals surface area contributed by atoms with Crippen molar-refractivity contribution in [2.75, 3.05) is 60.2 Å². The first-order chi connectivity index (χ1) is 13.6. The lowest BCUT2D eigenvalue weighted by Crippen LogP contribution is -2.51. The summed E-state index contributed by atoms with van der Waals surface area (Å²) in [5, 5.41) is 6.79. The zero-order chi connectivity index (χ0) is 20.2. The smallest absolute Gasteiger partial charge is 0.191 e. The van der Waals surface area contributed by atoms with Crippen LogP contribution in [0, 0.1) is 5.92 Å². The summed E-state index contributed by atoms with van der Waals surface area (Å²) in [5.74, 6) is 3.11.